The van der Waals surface area contributed by atoms with Gasteiger partial charge in [-0.25, -0.2) is 0 Å². The van der Waals surface area contributed by atoms with E-state index in [4.69, 9.17) is 4.74 Å². The van der Waals surface area contributed by atoms with E-state index in [2.05, 4.69) is 19.1 Å². The fraction of sp³-hybridized carbons (Fsp3) is 0.857. The van der Waals surface area contributed by atoms with Gasteiger partial charge in [-0.15, -0.1) is 0 Å². The first-order valence-corrected chi connectivity index (χ1v) is 13.6. The van der Waals surface area contributed by atoms with Crippen LogP contribution in [-0.4, -0.2) is 23.7 Å². The minimum absolute atomic E-state index is 0.00286. The first kappa shape index (κ1) is 30.7. The van der Waals surface area contributed by atoms with Gasteiger partial charge in [0, 0.05) is 0 Å². The zero-order chi connectivity index (χ0) is 23.7. The largest absolute Gasteiger partial charge is 0.481 e. The van der Waals surface area contributed by atoms with Gasteiger partial charge in [-0.05, 0) is 38.5 Å². The number of ether oxygens (including phenoxy) is 1. The van der Waals surface area contributed by atoms with Crippen molar-refractivity contribution in [2.24, 2.45) is 5.92 Å². The predicted octanol–water partition coefficient (Wildman–Crippen LogP) is 8.63. The van der Waals surface area contributed by atoms with E-state index in [1.165, 1.54) is 77.0 Å². The molecule has 0 aliphatic heterocycles. The van der Waals surface area contributed by atoms with Gasteiger partial charge in [0.05, 0.1) is 18.9 Å². The van der Waals surface area contributed by atoms with Crippen LogP contribution in [0.5, 0.6) is 0 Å². The molecule has 32 heavy (non-hydrogen) atoms. The highest BCUT2D eigenvalue weighted by atomic mass is 16.5. The van der Waals surface area contributed by atoms with Gasteiger partial charge in [-0.3, -0.25) is 9.59 Å². The molecule has 0 aliphatic rings. The highest BCUT2D eigenvalue weighted by Gasteiger charge is 2.21. The molecule has 0 amide bonds. The number of carbonyl (C=O) groups is 2. The van der Waals surface area contributed by atoms with Gasteiger partial charge >= 0.3 is 11.9 Å². The average molecular weight is 453 g/mol. The predicted molar refractivity (Wildman–Crippen MR) is 135 cm³/mol. The number of rotatable bonds is 24. The molecule has 0 aliphatic carbocycles. The third-order valence-corrected chi connectivity index (χ3v) is 6.04. The number of unbranched alkanes of at least 4 members (excludes halogenated alkanes) is 15. The smallest absolute Gasteiger partial charge is 0.307 e. The lowest BCUT2D eigenvalue weighted by Crippen LogP contribution is -2.19. The molecular weight excluding hydrogens is 400 g/mol. The third kappa shape index (κ3) is 21.9. The molecule has 188 valence electrons. The molecule has 1 unspecified atom stereocenters. The van der Waals surface area contributed by atoms with Gasteiger partial charge in [0.25, 0.3) is 0 Å². The summed E-state index contributed by atoms with van der Waals surface area (Å²) in [6.45, 7) is 4.57. The Bertz CT molecular complexity index is 458. The Hall–Kier alpha value is -1.32. The Morgan fingerprint density at radius 3 is 1.62 bits per heavy atom. The summed E-state index contributed by atoms with van der Waals surface area (Å²) in [5.41, 5.74) is 0. The Labute approximate surface area is 198 Å². The summed E-state index contributed by atoms with van der Waals surface area (Å²) in [5, 5.41) is 9.28. The highest BCUT2D eigenvalue weighted by Crippen LogP contribution is 2.17. The van der Waals surface area contributed by atoms with Crippen LogP contribution in [0, 0.1) is 5.92 Å². The minimum atomic E-state index is -0.885. The summed E-state index contributed by atoms with van der Waals surface area (Å²) < 4.78 is 5.01. The van der Waals surface area contributed by atoms with Crippen LogP contribution in [0.2, 0.25) is 0 Å². The van der Waals surface area contributed by atoms with Crippen molar-refractivity contribution in [2.45, 2.75) is 142 Å². The molecule has 0 heterocycles. The van der Waals surface area contributed by atoms with Crippen molar-refractivity contribution in [2.75, 3.05) is 6.61 Å². The SMILES string of the molecule is CCCCCCCCCCCCC/C=C/CCCCCCC(CC(=O)OCCC)C(=O)O. The average Bonchev–Trinajstić information content (AvgIpc) is 2.78. The van der Waals surface area contributed by atoms with Crippen molar-refractivity contribution >= 4 is 11.9 Å². The summed E-state index contributed by atoms with van der Waals surface area (Å²) in [6, 6.07) is 0. The van der Waals surface area contributed by atoms with Crippen molar-refractivity contribution < 1.29 is 19.4 Å². The van der Waals surface area contributed by atoms with Crippen molar-refractivity contribution in [3.63, 3.8) is 0 Å². The van der Waals surface area contributed by atoms with E-state index in [0.29, 0.717) is 13.0 Å². The van der Waals surface area contributed by atoms with Gasteiger partial charge in [-0.1, -0.05) is 109 Å². The molecule has 0 rings (SSSR count). The van der Waals surface area contributed by atoms with Crippen LogP contribution in [0.1, 0.15) is 142 Å². The van der Waals surface area contributed by atoms with Crippen molar-refractivity contribution in [3.8, 4) is 0 Å². The Kier molecular flexibility index (Phi) is 23.3. The van der Waals surface area contributed by atoms with E-state index in [9.17, 15) is 14.7 Å². The lowest BCUT2D eigenvalue weighted by Gasteiger charge is -2.11. The number of carboxylic acids is 1. The van der Waals surface area contributed by atoms with Crippen LogP contribution in [0.3, 0.4) is 0 Å². The van der Waals surface area contributed by atoms with E-state index in [-0.39, 0.29) is 12.4 Å². The monoisotopic (exact) mass is 452 g/mol. The molecule has 0 bridgehead atoms. The quantitative estimate of drug-likeness (QED) is 0.0904. The lowest BCUT2D eigenvalue weighted by molar-refractivity contribution is -0.151. The highest BCUT2D eigenvalue weighted by molar-refractivity contribution is 5.78. The summed E-state index contributed by atoms with van der Waals surface area (Å²) in [7, 11) is 0. The van der Waals surface area contributed by atoms with Gasteiger partial charge in [-0.2, -0.15) is 0 Å². The maximum Gasteiger partial charge on any atom is 0.307 e. The number of aliphatic carboxylic acids is 1. The van der Waals surface area contributed by atoms with E-state index in [1.807, 2.05) is 6.92 Å². The molecule has 0 aromatic heterocycles. The number of esters is 1. The first-order chi connectivity index (χ1) is 15.6. The maximum atomic E-state index is 11.6. The molecular formula is C28H52O4. The van der Waals surface area contributed by atoms with Crippen molar-refractivity contribution in [1.82, 2.24) is 0 Å². The summed E-state index contributed by atoms with van der Waals surface area (Å²) in [6.07, 6.45) is 27.7. The van der Waals surface area contributed by atoms with Crippen molar-refractivity contribution in [1.29, 1.82) is 0 Å². The second-order valence-corrected chi connectivity index (χ2v) is 9.25. The zero-order valence-electron chi connectivity index (χ0n) is 21.3. The summed E-state index contributed by atoms with van der Waals surface area (Å²) in [5.74, 6) is -1.88. The molecule has 1 atom stereocenters. The van der Waals surface area contributed by atoms with Gasteiger partial charge in [0.15, 0.2) is 0 Å². The number of hydrogen-bond acceptors (Lipinski definition) is 3. The third-order valence-electron chi connectivity index (χ3n) is 6.04. The number of carboxylic acid groups (broad SMARTS) is 1. The molecule has 0 radical (unpaired) electrons. The second kappa shape index (κ2) is 24.3. The van der Waals surface area contributed by atoms with Crippen LogP contribution < -0.4 is 0 Å². The Morgan fingerprint density at radius 2 is 1.16 bits per heavy atom. The van der Waals surface area contributed by atoms with Crippen LogP contribution >= 0.6 is 0 Å². The van der Waals surface area contributed by atoms with Crippen LogP contribution in [0.15, 0.2) is 12.2 Å². The molecule has 0 saturated heterocycles. The fourth-order valence-electron chi connectivity index (χ4n) is 3.96. The molecule has 4 nitrogen and oxygen atoms in total. The first-order valence-electron chi connectivity index (χ1n) is 13.6. The Morgan fingerprint density at radius 1 is 0.688 bits per heavy atom. The molecule has 1 N–H and O–H groups in total. The van der Waals surface area contributed by atoms with Gasteiger partial charge in [0.1, 0.15) is 0 Å². The maximum absolute atomic E-state index is 11.6. The molecule has 0 saturated carbocycles. The molecule has 0 spiro atoms. The summed E-state index contributed by atoms with van der Waals surface area (Å²) in [4.78, 5) is 22.9. The number of carbonyl (C=O) groups excluding carboxylic acids is 1. The van der Waals surface area contributed by atoms with Crippen molar-refractivity contribution in [3.05, 3.63) is 12.2 Å². The normalized spacial score (nSPS) is 12.3. The lowest BCUT2D eigenvalue weighted by atomic mass is 9.97. The van der Waals surface area contributed by atoms with E-state index in [0.717, 1.165) is 38.5 Å². The van der Waals surface area contributed by atoms with Crippen LogP contribution in [0.25, 0.3) is 0 Å². The summed E-state index contributed by atoms with van der Waals surface area (Å²) >= 11 is 0. The topological polar surface area (TPSA) is 63.6 Å². The zero-order valence-corrected chi connectivity index (χ0v) is 21.3. The second-order valence-electron chi connectivity index (χ2n) is 9.25. The van der Waals surface area contributed by atoms with Crippen LogP contribution in [0.4, 0.5) is 0 Å². The Balaban J connectivity index is 3.45. The van der Waals surface area contributed by atoms with E-state index < -0.39 is 11.9 Å². The fourth-order valence-corrected chi connectivity index (χ4v) is 3.96. The standard InChI is InChI=1S/C28H52O4/c1-3-5-6-7-8-9-10-11-12-13-14-15-16-17-18-19-20-21-22-23-26(28(30)31)25-27(29)32-24-4-2/h16-17,26H,3-15,18-25H2,1-2H3,(H,30,31)/b17-16+. The van der Waals surface area contributed by atoms with Crippen LogP contribution in [-0.2, 0) is 14.3 Å². The number of hydrogen-bond donors (Lipinski definition) is 1. The molecule has 0 aromatic carbocycles. The van der Waals surface area contributed by atoms with Gasteiger partial charge in [0.2, 0.25) is 0 Å². The van der Waals surface area contributed by atoms with E-state index >= 15 is 0 Å². The molecule has 0 aromatic rings. The molecule has 0 fully saturated rings. The van der Waals surface area contributed by atoms with E-state index in [1.54, 1.807) is 0 Å². The minimum Gasteiger partial charge on any atom is -0.481 e. The van der Waals surface area contributed by atoms with Gasteiger partial charge < -0.3 is 9.84 Å². The molecule has 4 heteroatoms. The number of allylic oxidation sites excluding steroid dienone is 2.